The highest BCUT2D eigenvalue weighted by Gasteiger charge is 2.09. The fourth-order valence-corrected chi connectivity index (χ4v) is 1.15. The number of benzene rings is 1. The van der Waals surface area contributed by atoms with E-state index in [-0.39, 0.29) is 6.61 Å². The Bertz CT molecular complexity index is 421. The number of carbonyl (C=O) groups is 1. The van der Waals surface area contributed by atoms with Crippen LogP contribution in [0.1, 0.15) is 17.3 Å². The normalized spacial score (nSPS) is 9.25. The van der Waals surface area contributed by atoms with Crippen molar-refractivity contribution in [3.63, 3.8) is 0 Å². The van der Waals surface area contributed by atoms with Gasteiger partial charge in [0.2, 0.25) is 0 Å². The molecule has 0 amide bonds. The van der Waals surface area contributed by atoms with Gasteiger partial charge in [-0.3, -0.25) is 0 Å². The van der Waals surface area contributed by atoms with Crippen molar-refractivity contribution in [2.45, 2.75) is 6.92 Å². The van der Waals surface area contributed by atoms with Gasteiger partial charge in [0.25, 0.3) is 0 Å². The molecule has 0 unspecified atom stereocenters. The van der Waals surface area contributed by atoms with Gasteiger partial charge in [-0.25, -0.2) is 4.79 Å². The molecule has 0 spiro atoms. The summed E-state index contributed by atoms with van der Waals surface area (Å²) in [6, 6.07) is 4.72. The third-order valence-corrected chi connectivity index (χ3v) is 1.83. The topological polar surface area (TPSA) is 61.5 Å². The lowest BCUT2D eigenvalue weighted by Crippen LogP contribution is -2.06. The van der Waals surface area contributed by atoms with Crippen LogP contribution in [0.25, 0.3) is 0 Å². The molecule has 0 aromatic heterocycles. The summed E-state index contributed by atoms with van der Waals surface area (Å²) in [6.45, 7) is 2.32. The fourth-order valence-electron chi connectivity index (χ4n) is 1.15. The minimum atomic E-state index is -0.493. The molecule has 4 nitrogen and oxygen atoms in total. The van der Waals surface area contributed by atoms with Gasteiger partial charge in [-0.05, 0) is 25.1 Å². The van der Waals surface area contributed by atoms with Crippen molar-refractivity contribution < 1.29 is 14.3 Å². The van der Waals surface area contributed by atoms with Crippen LogP contribution in [0.2, 0.25) is 0 Å². The van der Waals surface area contributed by atoms with Gasteiger partial charge in [0.15, 0.2) is 6.61 Å². The average molecular weight is 219 g/mol. The second kappa shape index (κ2) is 5.66. The van der Waals surface area contributed by atoms with Crippen LogP contribution in [-0.4, -0.2) is 19.2 Å². The summed E-state index contributed by atoms with van der Waals surface area (Å²) in [7, 11) is 0. The first-order chi connectivity index (χ1) is 7.69. The molecule has 0 atom stereocenters. The number of hydrogen-bond donors (Lipinski definition) is 1. The largest absolute Gasteiger partial charge is 0.492 e. The number of nitrogens with two attached hydrogens (primary N) is 1. The predicted molar refractivity (Wildman–Crippen MR) is 61.1 cm³/mol. The van der Waals surface area contributed by atoms with Crippen LogP contribution in [0, 0.1) is 12.3 Å². The molecule has 0 aliphatic carbocycles. The highest BCUT2D eigenvalue weighted by atomic mass is 16.5. The molecule has 0 fully saturated rings. The summed E-state index contributed by atoms with van der Waals surface area (Å²) in [6.07, 6.45) is 4.98. The maximum absolute atomic E-state index is 11.4. The summed E-state index contributed by atoms with van der Waals surface area (Å²) < 4.78 is 10.0. The van der Waals surface area contributed by atoms with E-state index < -0.39 is 5.97 Å². The van der Waals surface area contributed by atoms with Gasteiger partial charge in [-0.2, -0.15) is 0 Å². The molecule has 0 saturated heterocycles. The van der Waals surface area contributed by atoms with Gasteiger partial charge in [-0.15, -0.1) is 6.42 Å². The number of nitrogen functional groups attached to an aromatic ring is 1. The van der Waals surface area contributed by atoms with Crippen molar-refractivity contribution in [2.75, 3.05) is 18.9 Å². The number of rotatable bonds is 4. The molecule has 0 bridgehead atoms. The van der Waals surface area contributed by atoms with Crippen molar-refractivity contribution in [1.82, 2.24) is 0 Å². The molecule has 0 saturated carbocycles. The molecule has 16 heavy (non-hydrogen) atoms. The molecule has 0 radical (unpaired) electrons. The number of terminal acetylenes is 1. The Balaban J connectivity index is 2.80. The Morgan fingerprint density at radius 1 is 1.56 bits per heavy atom. The van der Waals surface area contributed by atoms with E-state index in [1.165, 1.54) is 6.07 Å². The molecular weight excluding hydrogens is 206 g/mol. The van der Waals surface area contributed by atoms with Crippen LogP contribution in [0.5, 0.6) is 5.75 Å². The molecule has 0 heterocycles. The molecule has 1 aromatic rings. The number of carbonyl (C=O) groups excluding carboxylic acids is 1. The average Bonchev–Trinajstić information content (AvgIpc) is 2.29. The van der Waals surface area contributed by atoms with Crippen LogP contribution in [-0.2, 0) is 4.74 Å². The van der Waals surface area contributed by atoms with Crippen LogP contribution in [0.3, 0.4) is 0 Å². The van der Waals surface area contributed by atoms with Gasteiger partial charge in [0, 0.05) is 0 Å². The summed E-state index contributed by atoms with van der Waals surface area (Å²) in [5.41, 5.74) is 6.46. The second-order valence-corrected chi connectivity index (χ2v) is 2.97. The minimum Gasteiger partial charge on any atom is -0.492 e. The Morgan fingerprint density at radius 2 is 2.31 bits per heavy atom. The molecule has 84 valence electrons. The first-order valence-electron chi connectivity index (χ1n) is 4.82. The summed E-state index contributed by atoms with van der Waals surface area (Å²) in [5.74, 6) is 2.27. The smallest absolute Gasteiger partial charge is 0.339 e. The predicted octanol–water partition coefficient (Wildman–Crippen LogP) is 1.46. The fraction of sp³-hybridized carbons (Fsp3) is 0.250. The molecular formula is C12H13NO3. The molecule has 1 aromatic carbocycles. The maximum Gasteiger partial charge on any atom is 0.339 e. The zero-order chi connectivity index (χ0) is 12.0. The van der Waals surface area contributed by atoms with Crippen molar-refractivity contribution in [3.8, 4) is 18.1 Å². The summed E-state index contributed by atoms with van der Waals surface area (Å²) in [4.78, 5) is 11.4. The zero-order valence-electron chi connectivity index (χ0n) is 9.03. The van der Waals surface area contributed by atoms with Gasteiger partial charge >= 0.3 is 5.97 Å². The SMILES string of the molecule is C#CCOC(=O)c1ccc(OCC)c(N)c1. The lowest BCUT2D eigenvalue weighted by molar-refractivity contribution is 0.0557. The second-order valence-electron chi connectivity index (χ2n) is 2.97. The van der Waals surface area contributed by atoms with Crippen LogP contribution in [0.15, 0.2) is 18.2 Å². The van der Waals surface area contributed by atoms with Crippen molar-refractivity contribution in [2.24, 2.45) is 0 Å². The maximum atomic E-state index is 11.4. The third-order valence-electron chi connectivity index (χ3n) is 1.83. The van der Waals surface area contributed by atoms with E-state index in [0.717, 1.165) is 0 Å². The lowest BCUT2D eigenvalue weighted by atomic mass is 10.2. The Hall–Kier alpha value is -2.15. The molecule has 2 N–H and O–H groups in total. The van der Waals surface area contributed by atoms with Crippen LogP contribution >= 0.6 is 0 Å². The van der Waals surface area contributed by atoms with Crippen LogP contribution < -0.4 is 10.5 Å². The molecule has 1 rings (SSSR count). The van der Waals surface area contributed by atoms with E-state index in [2.05, 4.69) is 5.92 Å². The van der Waals surface area contributed by atoms with Gasteiger partial charge < -0.3 is 15.2 Å². The van der Waals surface area contributed by atoms with Gasteiger partial charge in [-0.1, -0.05) is 5.92 Å². The minimum absolute atomic E-state index is 0.0497. The Kier molecular flexibility index (Phi) is 4.22. The summed E-state index contributed by atoms with van der Waals surface area (Å²) in [5, 5.41) is 0. The van der Waals surface area contributed by atoms with Crippen molar-refractivity contribution in [3.05, 3.63) is 23.8 Å². The van der Waals surface area contributed by atoms with E-state index in [1.807, 2.05) is 6.92 Å². The standard InChI is InChI=1S/C12H13NO3/c1-3-7-16-12(14)9-5-6-11(15-4-2)10(13)8-9/h1,5-6,8H,4,7,13H2,2H3. The van der Waals surface area contributed by atoms with Gasteiger partial charge in [0.05, 0.1) is 17.9 Å². The number of ether oxygens (including phenoxy) is 2. The van der Waals surface area contributed by atoms with Crippen molar-refractivity contribution in [1.29, 1.82) is 0 Å². The van der Waals surface area contributed by atoms with Crippen LogP contribution in [0.4, 0.5) is 5.69 Å². The first-order valence-corrected chi connectivity index (χ1v) is 4.82. The Morgan fingerprint density at radius 3 is 2.88 bits per heavy atom. The third kappa shape index (κ3) is 2.92. The Labute approximate surface area is 94.3 Å². The van der Waals surface area contributed by atoms with E-state index >= 15 is 0 Å². The van der Waals surface area contributed by atoms with E-state index in [0.29, 0.717) is 23.6 Å². The number of esters is 1. The van der Waals surface area contributed by atoms with E-state index in [1.54, 1.807) is 12.1 Å². The highest BCUT2D eigenvalue weighted by Crippen LogP contribution is 2.22. The van der Waals surface area contributed by atoms with Crippen molar-refractivity contribution >= 4 is 11.7 Å². The van der Waals surface area contributed by atoms with E-state index in [9.17, 15) is 4.79 Å². The monoisotopic (exact) mass is 219 g/mol. The quantitative estimate of drug-likeness (QED) is 0.473. The lowest BCUT2D eigenvalue weighted by Gasteiger charge is -2.08. The highest BCUT2D eigenvalue weighted by molar-refractivity contribution is 5.91. The van der Waals surface area contributed by atoms with E-state index in [4.69, 9.17) is 21.6 Å². The first kappa shape index (κ1) is 11.9. The van der Waals surface area contributed by atoms with Gasteiger partial charge in [0.1, 0.15) is 5.75 Å². The zero-order valence-corrected chi connectivity index (χ0v) is 9.03. The molecule has 0 aliphatic heterocycles. The molecule has 4 heteroatoms. The molecule has 0 aliphatic rings. The number of hydrogen-bond acceptors (Lipinski definition) is 4. The number of anilines is 1. The summed E-state index contributed by atoms with van der Waals surface area (Å²) >= 11 is 0.